The summed E-state index contributed by atoms with van der Waals surface area (Å²) in [6.45, 7) is 5.22. The first-order valence-corrected chi connectivity index (χ1v) is 6.31. The number of aromatic nitrogens is 3. The number of aryl methyl sites for hydroxylation is 2. The van der Waals surface area contributed by atoms with Crippen molar-refractivity contribution in [2.45, 2.75) is 39.2 Å². The van der Waals surface area contributed by atoms with Gasteiger partial charge in [-0.15, -0.1) is 0 Å². The molecule has 2 aromatic heterocycles. The van der Waals surface area contributed by atoms with Crippen LogP contribution in [0.5, 0.6) is 0 Å². The Balaban J connectivity index is 2.00. The molecule has 1 aliphatic rings. The number of fused-ring (bicyclic) bond motifs is 1. The number of nitrogens with zero attached hydrogens (tertiary/aromatic N) is 3. The Bertz CT molecular complexity index is 499. The molecule has 90 valence electrons. The maximum absolute atomic E-state index is 4.63. The highest BCUT2D eigenvalue weighted by Gasteiger charge is 2.18. The second-order valence-corrected chi connectivity index (χ2v) is 4.88. The fourth-order valence-corrected chi connectivity index (χ4v) is 2.39. The van der Waals surface area contributed by atoms with Gasteiger partial charge in [0.1, 0.15) is 0 Å². The Morgan fingerprint density at radius 2 is 2.24 bits per heavy atom. The fourth-order valence-electron chi connectivity index (χ4n) is 2.39. The van der Waals surface area contributed by atoms with Crippen molar-refractivity contribution in [3.05, 3.63) is 29.2 Å². The highest BCUT2D eigenvalue weighted by molar-refractivity contribution is 5.42. The summed E-state index contributed by atoms with van der Waals surface area (Å²) in [4.78, 5) is 4.56. The second kappa shape index (κ2) is 4.11. The third-order valence-corrected chi connectivity index (χ3v) is 3.57. The molecule has 1 aliphatic heterocycles. The predicted octanol–water partition coefficient (Wildman–Crippen LogP) is 2.16. The third kappa shape index (κ3) is 1.93. The monoisotopic (exact) mass is 230 g/mol. The molecule has 0 radical (unpaired) electrons. The maximum atomic E-state index is 4.63. The van der Waals surface area contributed by atoms with E-state index in [1.807, 2.05) is 11.4 Å². The number of hydrogen-bond acceptors (Lipinski definition) is 3. The van der Waals surface area contributed by atoms with Crippen molar-refractivity contribution >= 4 is 5.65 Å². The molecule has 0 aliphatic carbocycles. The van der Waals surface area contributed by atoms with Crippen LogP contribution in [0.25, 0.3) is 5.65 Å². The van der Waals surface area contributed by atoms with E-state index in [-0.39, 0.29) is 0 Å². The smallest absolute Gasteiger partial charge is 0.155 e. The molecule has 3 heterocycles. The molecule has 2 aromatic rings. The highest BCUT2D eigenvalue weighted by atomic mass is 15.3. The Kier molecular flexibility index (Phi) is 2.59. The van der Waals surface area contributed by atoms with Gasteiger partial charge in [0.25, 0.3) is 0 Å². The van der Waals surface area contributed by atoms with E-state index in [1.54, 1.807) is 0 Å². The van der Waals surface area contributed by atoms with E-state index in [0.717, 1.165) is 23.6 Å². The van der Waals surface area contributed by atoms with E-state index in [4.69, 9.17) is 0 Å². The fraction of sp³-hybridized carbons (Fsp3) is 0.538. The van der Waals surface area contributed by atoms with Crippen molar-refractivity contribution < 1.29 is 0 Å². The number of rotatable bonds is 1. The van der Waals surface area contributed by atoms with Crippen molar-refractivity contribution in [3.8, 4) is 0 Å². The summed E-state index contributed by atoms with van der Waals surface area (Å²) in [5.41, 5.74) is 4.35. The summed E-state index contributed by atoms with van der Waals surface area (Å²) in [7, 11) is 0. The van der Waals surface area contributed by atoms with Crippen LogP contribution in [0.15, 0.2) is 12.3 Å². The molecule has 1 N–H and O–H groups in total. The molecule has 17 heavy (non-hydrogen) atoms. The molecule has 0 amide bonds. The second-order valence-electron chi connectivity index (χ2n) is 4.88. The van der Waals surface area contributed by atoms with Gasteiger partial charge in [-0.05, 0) is 38.8 Å². The zero-order chi connectivity index (χ0) is 11.8. The lowest BCUT2D eigenvalue weighted by atomic mass is 10.0. The van der Waals surface area contributed by atoms with E-state index in [1.165, 1.54) is 24.8 Å². The minimum atomic E-state index is 0.408. The van der Waals surface area contributed by atoms with Crippen molar-refractivity contribution in [2.24, 2.45) is 0 Å². The summed E-state index contributed by atoms with van der Waals surface area (Å²) in [6.07, 6.45) is 5.81. The van der Waals surface area contributed by atoms with Gasteiger partial charge in [0, 0.05) is 18.0 Å². The average Bonchev–Trinajstić information content (AvgIpc) is 2.74. The Labute approximate surface area is 101 Å². The van der Waals surface area contributed by atoms with Gasteiger partial charge < -0.3 is 5.32 Å². The predicted molar refractivity (Wildman–Crippen MR) is 67.1 cm³/mol. The summed E-state index contributed by atoms with van der Waals surface area (Å²) < 4.78 is 1.90. The van der Waals surface area contributed by atoms with Gasteiger partial charge in [0.15, 0.2) is 5.65 Å². The third-order valence-electron chi connectivity index (χ3n) is 3.57. The van der Waals surface area contributed by atoms with Crippen LogP contribution in [0.2, 0.25) is 0 Å². The SMILES string of the molecule is Cc1cn2nc([C@@H]3CCCCN3)cc2nc1C. The van der Waals surface area contributed by atoms with Crippen molar-refractivity contribution in [3.63, 3.8) is 0 Å². The summed E-state index contributed by atoms with van der Waals surface area (Å²) in [6, 6.07) is 2.51. The summed E-state index contributed by atoms with van der Waals surface area (Å²) in [5.74, 6) is 0. The molecule has 0 unspecified atom stereocenters. The van der Waals surface area contributed by atoms with Crippen molar-refractivity contribution in [1.29, 1.82) is 0 Å². The van der Waals surface area contributed by atoms with Gasteiger partial charge in [-0.1, -0.05) is 6.42 Å². The lowest BCUT2D eigenvalue weighted by molar-refractivity contribution is 0.404. The van der Waals surface area contributed by atoms with Crippen LogP contribution < -0.4 is 5.32 Å². The zero-order valence-electron chi connectivity index (χ0n) is 10.4. The van der Waals surface area contributed by atoms with E-state index >= 15 is 0 Å². The molecule has 0 spiro atoms. The van der Waals surface area contributed by atoms with Crippen molar-refractivity contribution in [1.82, 2.24) is 19.9 Å². The largest absolute Gasteiger partial charge is 0.309 e. The molecule has 1 fully saturated rings. The normalized spacial score (nSPS) is 20.9. The number of piperidine rings is 1. The molecule has 0 bridgehead atoms. The van der Waals surface area contributed by atoms with Crippen LogP contribution in [0.1, 0.15) is 42.3 Å². The minimum Gasteiger partial charge on any atom is -0.309 e. The highest BCUT2D eigenvalue weighted by Crippen LogP contribution is 2.22. The van der Waals surface area contributed by atoms with Gasteiger partial charge in [-0.2, -0.15) is 5.10 Å². The lowest BCUT2D eigenvalue weighted by Crippen LogP contribution is -2.27. The van der Waals surface area contributed by atoms with Gasteiger partial charge in [-0.3, -0.25) is 0 Å². The number of hydrogen-bond donors (Lipinski definition) is 1. The Hall–Kier alpha value is -1.42. The lowest BCUT2D eigenvalue weighted by Gasteiger charge is -2.21. The summed E-state index contributed by atoms with van der Waals surface area (Å²) in [5, 5.41) is 8.15. The Morgan fingerprint density at radius 1 is 1.35 bits per heavy atom. The number of nitrogens with one attached hydrogen (secondary N) is 1. The molecule has 4 nitrogen and oxygen atoms in total. The van der Waals surface area contributed by atoms with Crippen LogP contribution in [0.4, 0.5) is 0 Å². The maximum Gasteiger partial charge on any atom is 0.155 e. The van der Waals surface area contributed by atoms with Gasteiger partial charge >= 0.3 is 0 Å². The van der Waals surface area contributed by atoms with Crippen LogP contribution in [-0.2, 0) is 0 Å². The molecular formula is C13H18N4. The first kappa shape index (κ1) is 10.7. The molecule has 3 rings (SSSR count). The van der Waals surface area contributed by atoms with E-state index < -0.39 is 0 Å². The molecule has 0 saturated carbocycles. The zero-order valence-corrected chi connectivity index (χ0v) is 10.4. The van der Waals surface area contributed by atoms with E-state index in [2.05, 4.69) is 34.6 Å². The summed E-state index contributed by atoms with van der Waals surface area (Å²) >= 11 is 0. The van der Waals surface area contributed by atoms with Crippen molar-refractivity contribution in [2.75, 3.05) is 6.54 Å². The van der Waals surface area contributed by atoms with Crippen LogP contribution in [0.3, 0.4) is 0 Å². The molecule has 1 atom stereocenters. The van der Waals surface area contributed by atoms with Crippen LogP contribution in [-0.4, -0.2) is 21.1 Å². The van der Waals surface area contributed by atoms with E-state index in [9.17, 15) is 0 Å². The van der Waals surface area contributed by atoms with Gasteiger partial charge in [0.2, 0.25) is 0 Å². The molecule has 0 aromatic carbocycles. The standard InChI is InChI=1S/C13H18N4/c1-9-8-17-13(15-10(9)2)7-12(16-17)11-5-3-4-6-14-11/h7-8,11,14H,3-6H2,1-2H3/t11-/m0/s1. The first-order chi connectivity index (χ1) is 8.24. The quantitative estimate of drug-likeness (QED) is 0.816. The minimum absolute atomic E-state index is 0.408. The van der Waals surface area contributed by atoms with Crippen LogP contribution >= 0.6 is 0 Å². The molecule has 4 heteroatoms. The first-order valence-electron chi connectivity index (χ1n) is 6.31. The van der Waals surface area contributed by atoms with Gasteiger partial charge in [-0.25, -0.2) is 9.50 Å². The van der Waals surface area contributed by atoms with E-state index in [0.29, 0.717) is 6.04 Å². The molecule has 1 saturated heterocycles. The molecular weight excluding hydrogens is 212 g/mol. The van der Waals surface area contributed by atoms with Crippen LogP contribution in [0, 0.1) is 13.8 Å². The average molecular weight is 230 g/mol. The van der Waals surface area contributed by atoms with Gasteiger partial charge in [0.05, 0.1) is 11.7 Å². The topological polar surface area (TPSA) is 42.2 Å². The Morgan fingerprint density at radius 3 is 3.00 bits per heavy atom.